The Hall–Kier alpha value is -1.06. The van der Waals surface area contributed by atoms with E-state index in [1.54, 1.807) is 0 Å². The average Bonchev–Trinajstić information content (AvgIpc) is 2.30. The standard InChI is InChI=1S/C13H22N2O/c1-3-15-10-9-12(14)11-7-5-6-8-13(11)16-4-2/h5-8,12,15H,3-4,9-10,14H2,1-2H3. The minimum atomic E-state index is 0.0433. The third kappa shape index (κ3) is 3.83. The van der Waals surface area contributed by atoms with Crippen LogP contribution < -0.4 is 15.8 Å². The highest BCUT2D eigenvalue weighted by Crippen LogP contribution is 2.25. The molecule has 1 aromatic rings. The first-order valence-corrected chi connectivity index (χ1v) is 5.97. The van der Waals surface area contributed by atoms with Crippen LogP contribution in [-0.4, -0.2) is 19.7 Å². The first-order chi connectivity index (χ1) is 7.79. The van der Waals surface area contributed by atoms with Crippen LogP contribution in [-0.2, 0) is 0 Å². The molecule has 0 aliphatic rings. The summed E-state index contributed by atoms with van der Waals surface area (Å²) in [5.74, 6) is 0.911. The zero-order chi connectivity index (χ0) is 11.8. The van der Waals surface area contributed by atoms with Crippen molar-refractivity contribution in [2.45, 2.75) is 26.3 Å². The van der Waals surface area contributed by atoms with E-state index < -0.39 is 0 Å². The molecule has 3 nitrogen and oxygen atoms in total. The third-order valence-corrected chi connectivity index (χ3v) is 2.50. The third-order valence-electron chi connectivity index (χ3n) is 2.50. The zero-order valence-corrected chi connectivity index (χ0v) is 10.2. The second kappa shape index (κ2) is 7.25. The van der Waals surface area contributed by atoms with Gasteiger partial charge >= 0.3 is 0 Å². The summed E-state index contributed by atoms with van der Waals surface area (Å²) >= 11 is 0. The van der Waals surface area contributed by atoms with Crippen LogP contribution in [0.3, 0.4) is 0 Å². The second-order valence-electron chi connectivity index (χ2n) is 3.72. The average molecular weight is 222 g/mol. The van der Waals surface area contributed by atoms with E-state index in [1.807, 2.05) is 31.2 Å². The molecule has 1 rings (SSSR count). The molecule has 1 aromatic carbocycles. The predicted molar refractivity (Wildman–Crippen MR) is 67.7 cm³/mol. The summed E-state index contributed by atoms with van der Waals surface area (Å²) in [6, 6.07) is 8.05. The van der Waals surface area contributed by atoms with Gasteiger partial charge in [-0.25, -0.2) is 0 Å². The quantitative estimate of drug-likeness (QED) is 0.694. The number of nitrogens with two attached hydrogens (primary N) is 1. The van der Waals surface area contributed by atoms with Crippen LogP contribution in [0, 0.1) is 0 Å². The Balaban J connectivity index is 2.62. The number of hydrogen-bond donors (Lipinski definition) is 2. The monoisotopic (exact) mass is 222 g/mol. The Morgan fingerprint density at radius 1 is 1.31 bits per heavy atom. The molecule has 0 heterocycles. The van der Waals surface area contributed by atoms with Gasteiger partial charge in [0.2, 0.25) is 0 Å². The lowest BCUT2D eigenvalue weighted by atomic mass is 10.0. The lowest BCUT2D eigenvalue weighted by Gasteiger charge is -2.16. The molecular formula is C13H22N2O. The fourth-order valence-electron chi connectivity index (χ4n) is 1.66. The molecule has 0 saturated carbocycles. The van der Waals surface area contributed by atoms with Gasteiger partial charge in [-0.2, -0.15) is 0 Å². The summed E-state index contributed by atoms with van der Waals surface area (Å²) in [4.78, 5) is 0. The minimum absolute atomic E-state index is 0.0433. The van der Waals surface area contributed by atoms with E-state index in [1.165, 1.54) is 0 Å². The van der Waals surface area contributed by atoms with Crippen molar-refractivity contribution in [3.8, 4) is 5.75 Å². The number of ether oxygens (including phenoxy) is 1. The largest absolute Gasteiger partial charge is 0.494 e. The number of rotatable bonds is 7. The molecular weight excluding hydrogens is 200 g/mol. The van der Waals surface area contributed by atoms with Crippen molar-refractivity contribution in [3.05, 3.63) is 29.8 Å². The van der Waals surface area contributed by atoms with Gasteiger partial charge in [-0.1, -0.05) is 25.1 Å². The van der Waals surface area contributed by atoms with Crippen LogP contribution in [0.2, 0.25) is 0 Å². The van der Waals surface area contributed by atoms with Gasteiger partial charge in [0.15, 0.2) is 0 Å². The molecule has 0 spiro atoms. The van der Waals surface area contributed by atoms with Gasteiger partial charge in [-0.15, -0.1) is 0 Å². The Bertz CT molecular complexity index is 302. The van der Waals surface area contributed by atoms with Crippen LogP contribution in [0.5, 0.6) is 5.75 Å². The van der Waals surface area contributed by atoms with Crippen molar-refractivity contribution in [3.63, 3.8) is 0 Å². The summed E-state index contributed by atoms with van der Waals surface area (Å²) in [6.07, 6.45) is 0.928. The maximum absolute atomic E-state index is 6.15. The molecule has 1 atom stereocenters. The van der Waals surface area contributed by atoms with E-state index in [9.17, 15) is 0 Å². The maximum atomic E-state index is 6.15. The topological polar surface area (TPSA) is 47.3 Å². The number of nitrogens with one attached hydrogen (secondary N) is 1. The highest BCUT2D eigenvalue weighted by atomic mass is 16.5. The molecule has 3 heteroatoms. The van der Waals surface area contributed by atoms with E-state index in [-0.39, 0.29) is 6.04 Å². The SMILES string of the molecule is CCNCCC(N)c1ccccc1OCC. The van der Waals surface area contributed by atoms with Gasteiger partial charge in [-0.3, -0.25) is 0 Å². The Morgan fingerprint density at radius 2 is 2.06 bits per heavy atom. The molecule has 90 valence electrons. The molecule has 0 aliphatic heterocycles. The molecule has 0 amide bonds. The first kappa shape index (κ1) is 13.0. The Morgan fingerprint density at radius 3 is 2.75 bits per heavy atom. The van der Waals surface area contributed by atoms with Crippen molar-refractivity contribution in [2.24, 2.45) is 5.73 Å². The smallest absolute Gasteiger partial charge is 0.124 e. The number of para-hydroxylation sites is 1. The summed E-state index contributed by atoms with van der Waals surface area (Å²) in [5, 5.41) is 3.28. The van der Waals surface area contributed by atoms with Crippen LogP contribution >= 0.6 is 0 Å². The van der Waals surface area contributed by atoms with Gasteiger partial charge in [0, 0.05) is 11.6 Å². The van der Waals surface area contributed by atoms with E-state index in [0.717, 1.165) is 30.8 Å². The van der Waals surface area contributed by atoms with Crippen molar-refractivity contribution in [1.82, 2.24) is 5.32 Å². The van der Waals surface area contributed by atoms with Crippen molar-refractivity contribution < 1.29 is 4.74 Å². The number of hydrogen-bond acceptors (Lipinski definition) is 3. The Kier molecular flexibility index (Phi) is 5.90. The van der Waals surface area contributed by atoms with Crippen LogP contribution in [0.4, 0.5) is 0 Å². The molecule has 0 aromatic heterocycles. The van der Waals surface area contributed by atoms with Gasteiger partial charge in [-0.05, 0) is 32.5 Å². The van der Waals surface area contributed by atoms with Crippen molar-refractivity contribution in [2.75, 3.05) is 19.7 Å². The fourth-order valence-corrected chi connectivity index (χ4v) is 1.66. The fraction of sp³-hybridized carbons (Fsp3) is 0.538. The Labute approximate surface area is 98.0 Å². The molecule has 0 radical (unpaired) electrons. The molecule has 3 N–H and O–H groups in total. The highest BCUT2D eigenvalue weighted by molar-refractivity contribution is 5.35. The molecule has 0 fully saturated rings. The van der Waals surface area contributed by atoms with Gasteiger partial charge in [0.05, 0.1) is 6.61 Å². The predicted octanol–water partition coefficient (Wildman–Crippen LogP) is 2.08. The lowest BCUT2D eigenvalue weighted by molar-refractivity contribution is 0.333. The van der Waals surface area contributed by atoms with E-state index in [4.69, 9.17) is 10.5 Å². The normalized spacial score (nSPS) is 12.4. The first-order valence-electron chi connectivity index (χ1n) is 5.97. The maximum Gasteiger partial charge on any atom is 0.124 e. The molecule has 0 bridgehead atoms. The van der Waals surface area contributed by atoms with E-state index in [2.05, 4.69) is 12.2 Å². The van der Waals surface area contributed by atoms with Gasteiger partial charge < -0.3 is 15.8 Å². The zero-order valence-electron chi connectivity index (χ0n) is 10.2. The van der Waals surface area contributed by atoms with E-state index in [0.29, 0.717) is 6.61 Å². The molecule has 0 saturated heterocycles. The molecule has 1 unspecified atom stereocenters. The van der Waals surface area contributed by atoms with Crippen molar-refractivity contribution >= 4 is 0 Å². The van der Waals surface area contributed by atoms with Gasteiger partial charge in [0.25, 0.3) is 0 Å². The van der Waals surface area contributed by atoms with Crippen LogP contribution in [0.15, 0.2) is 24.3 Å². The summed E-state index contributed by atoms with van der Waals surface area (Å²) in [5.41, 5.74) is 7.25. The summed E-state index contributed by atoms with van der Waals surface area (Å²) in [6.45, 7) is 6.69. The van der Waals surface area contributed by atoms with Gasteiger partial charge in [0.1, 0.15) is 5.75 Å². The second-order valence-corrected chi connectivity index (χ2v) is 3.72. The van der Waals surface area contributed by atoms with Crippen LogP contribution in [0.25, 0.3) is 0 Å². The molecule has 16 heavy (non-hydrogen) atoms. The summed E-state index contributed by atoms with van der Waals surface area (Å²) in [7, 11) is 0. The van der Waals surface area contributed by atoms with Crippen LogP contribution in [0.1, 0.15) is 31.9 Å². The minimum Gasteiger partial charge on any atom is -0.494 e. The summed E-state index contributed by atoms with van der Waals surface area (Å²) < 4.78 is 5.56. The van der Waals surface area contributed by atoms with E-state index >= 15 is 0 Å². The molecule has 0 aliphatic carbocycles. The lowest BCUT2D eigenvalue weighted by Crippen LogP contribution is -2.21. The van der Waals surface area contributed by atoms with Crippen molar-refractivity contribution in [1.29, 1.82) is 0 Å². The highest BCUT2D eigenvalue weighted by Gasteiger charge is 2.10. The number of benzene rings is 1.